The van der Waals surface area contributed by atoms with Crippen LogP contribution < -0.4 is 9.64 Å². The monoisotopic (exact) mass is 921 g/mol. The lowest BCUT2D eigenvalue weighted by molar-refractivity contribution is 0.418. The summed E-state index contributed by atoms with van der Waals surface area (Å²) in [4.78, 5) is 2.37. The second-order valence-corrected chi connectivity index (χ2v) is 19.6. The van der Waals surface area contributed by atoms with Crippen molar-refractivity contribution >= 4 is 17.1 Å². The quantitative estimate of drug-likeness (QED) is 0.143. The average molecular weight is 922 g/mol. The normalized spacial score (nSPS) is 13.5. The summed E-state index contributed by atoms with van der Waals surface area (Å²) in [6.07, 6.45) is 0. The molecule has 2 heteroatoms. The zero-order valence-corrected chi connectivity index (χ0v) is 40.3. The van der Waals surface area contributed by atoms with Gasteiger partial charge in [-0.05, 0) is 139 Å². The molecule has 13 rings (SSSR count). The van der Waals surface area contributed by atoms with Crippen LogP contribution in [0.25, 0.3) is 55.6 Å². The largest absolute Gasteiger partial charge is 0.457 e. The first kappa shape index (κ1) is 43.1. The molecule has 342 valence electrons. The minimum absolute atomic E-state index is 0.200. The van der Waals surface area contributed by atoms with Gasteiger partial charge in [-0.25, -0.2) is 0 Å². The summed E-state index contributed by atoms with van der Waals surface area (Å²) in [5, 5.41) is 0. The average Bonchev–Trinajstić information content (AvgIpc) is 3.75. The van der Waals surface area contributed by atoms with Gasteiger partial charge in [-0.15, -0.1) is 0 Å². The van der Waals surface area contributed by atoms with E-state index in [0.717, 1.165) is 45.3 Å². The molecule has 1 heterocycles. The molecule has 0 bridgehead atoms. The molecule has 0 radical (unpaired) electrons. The number of hydrogen-bond donors (Lipinski definition) is 0. The van der Waals surface area contributed by atoms with Crippen LogP contribution in [0.15, 0.2) is 273 Å². The van der Waals surface area contributed by atoms with Crippen LogP contribution >= 0.6 is 0 Å². The van der Waals surface area contributed by atoms with Crippen LogP contribution in [0.5, 0.6) is 11.5 Å². The van der Waals surface area contributed by atoms with E-state index in [2.05, 4.69) is 286 Å². The first-order valence-electron chi connectivity index (χ1n) is 25.0. The number of rotatable bonds is 9. The fraction of sp³-hybridized carbons (Fsp3) is 0.0571. The van der Waals surface area contributed by atoms with Crippen LogP contribution in [0.2, 0.25) is 0 Å². The lowest BCUT2D eigenvalue weighted by Gasteiger charge is -2.34. The highest BCUT2D eigenvalue weighted by Gasteiger charge is 2.46. The first-order chi connectivity index (χ1) is 35.4. The molecular weight excluding hydrogens is 871 g/mol. The van der Waals surface area contributed by atoms with Gasteiger partial charge in [0.2, 0.25) is 0 Å². The molecule has 0 unspecified atom stereocenters. The summed E-state index contributed by atoms with van der Waals surface area (Å²) in [5.41, 5.74) is 22.1. The number of para-hydroxylation sites is 1. The van der Waals surface area contributed by atoms with Crippen molar-refractivity contribution in [2.24, 2.45) is 0 Å². The summed E-state index contributed by atoms with van der Waals surface area (Å²) in [6, 6.07) is 99.6. The molecule has 0 amide bonds. The number of hydrogen-bond acceptors (Lipinski definition) is 2. The molecule has 0 fully saturated rings. The van der Waals surface area contributed by atoms with E-state index in [0.29, 0.717) is 0 Å². The summed E-state index contributed by atoms with van der Waals surface area (Å²) >= 11 is 0. The van der Waals surface area contributed by atoms with E-state index in [-0.39, 0.29) is 5.41 Å². The maximum Gasteiger partial charge on any atom is 0.131 e. The molecular formula is C70H51NO. The Kier molecular flexibility index (Phi) is 10.4. The Bertz CT molecular complexity index is 3720. The minimum atomic E-state index is -0.463. The molecule has 0 atom stereocenters. The smallest absolute Gasteiger partial charge is 0.131 e. The van der Waals surface area contributed by atoms with Crippen molar-refractivity contribution < 1.29 is 4.74 Å². The molecule has 1 aliphatic carbocycles. The van der Waals surface area contributed by atoms with Crippen molar-refractivity contribution in [2.75, 3.05) is 4.90 Å². The molecule has 0 N–H and O–H groups in total. The highest BCUT2D eigenvalue weighted by atomic mass is 16.5. The summed E-state index contributed by atoms with van der Waals surface area (Å²) in [6.45, 7) is 4.58. The number of fused-ring (bicyclic) bond motifs is 5. The van der Waals surface area contributed by atoms with Gasteiger partial charge >= 0.3 is 0 Å². The molecule has 0 spiro atoms. The van der Waals surface area contributed by atoms with E-state index in [1.165, 1.54) is 72.3 Å². The molecule has 2 nitrogen and oxygen atoms in total. The van der Waals surface area contributed by atoms with Gasteiger partial charge in [0.15, 0.2) is 0 Å². The second-order valence-electron chi connectivity index (χ2n) is 19.6. The molecule has 0 aromatic heterocycles. The lowest BCUT2D eigenvalue weighted by Crippen LogP contribution is -2.28. The molecule has 0 saturated carbocycles. The predicted octanol–water partition coefficient (Wildman–Crippen LogP) is 18.6. The SMILES string of the molecule is CC1(C)c2ccccc2Oc2ccc(-c3ccc(N(c4ccc(-c5ccc6c(c5)C(c5ccccc5)(c5ccccc5)c5ccccc5-6)cc4)c4ccc(-c5ccccc5-c5ccccc5)cc4)cc3)cc21. The summed E-state index contributed by atoms with van der Waals surface area (Å²) < 4.78 is 6.43. The number of benzene rings is 11. The fourth-order valence-electron chi connectivity index (χ4n) is 11.7. The maximum atomic E-state index is 6.43. The zero-order chi connectivity index (χ0) is 48.2. The highest BCUT2D eigenvalue weighted by Crippen LogP contribution is 2.57. The summed E-state index contributed by atoms with van der Waals surface area (Å²) in [7, 11) is 0. The summed E-state index contributed by atoms with van der Waals surface area (Å²) in [5.74, 6) is 1.85. The van der Waals surface area contributed by atoms with E-state index in [1.54, 1.807) is 0 Å². The van der Waals surface area contributed by atoms with Crippen molar-refractivity contribution in [3.05, 3.63) is 306 Å². The lowest BCUT2D eigenvalue weighted by atomic mass is 9.67. The maximum absolute atomic E-state index is 6.43. The van der Waals surface area contributed by atoms with Gasteiger partial charge in [0.25, 0.3) is 0 Å². The molecule has 2 aliphatic rings. The Morgan fingerprint density at radius 1 is 0.278 bits per heavy atom. The van der Waals surface area contributed by atoms with Crippen LogP contribution in [0.1, 0.15) is 47.2 Å². The van der Waals surface area contributed by atoms with E-state index in [9.17, 15) is 0 Å². The Hall–Kier alpha value is -8.98. The van der Waals surface area contributed by atoms with Gasteiger partial charge in [-0.2, -0.15) is 0 Å². The van der Waals surface area contributed by atoms with Crippen molar-refractivity contribution in [3.63, 3.8) is 0 Å². The van der Waals surface area contributed by atoms with Crippen molar-refractivity contribution in [2.45, 2.75) is 24.7 Å². The third-order valence-electron chi connectivity index (χ3n) is 15.3. The predicted molar refractivity (Wildman–Crippen MR) is 299 cm³/mol. The van der Waals surface area contributed by atoms with E-state index < -0.39 is 5.41 Å². The van der Waals surface area contributed by atoms with Gasteiger partial charge in [0.05, 0.1) is 5.41 Å². The van der Waals surface area contributed by atoms with E-state index in [4.69, 9.17) is 4.74 Å². The topological polar surface area (TPSA) is 12.5 Å². The van der Waals surface area contributed by atoms with Gasteiger partial charge in [0, 0.05) is 33.6 Å². The van der Waals surface area contributed by atoms with Crippen molar-refractivity contribution in [3.8, 4) is 67.1 Å². The van der Waals surface area contributed by atoms with Gasteiger partial charge < -0.3 is 9.64 Å². The van der Waals surface area contributed by atoms with Gasteiger partial charge in [-0.3, -0.25) is 0 Å². The number of anilines is 3. The number of ether oxygens (including phenoxy) is 1. The standard InChI is InChI=1S/C70H51NO/c1-69(2)64-28-16-17-29-67(64)72-68-45-37-53(47-66(68)69)49-32-40-57(41-33-49)71(58-42-34-51(35-43-58)60-25-13-12-24-59(60)50-18-6-3-7-19-50)56-38-30-48(31-39-56)52-36-44-62-61-26-14-15-27-63(61)70(65(62)46-52,54-20-8-4-9-21-54)55-22-10-5-11-23-55/h3-47H,1-2H3. The van der Waals surface area contributed by atoms with Crippen LogP contribution in [-0.2, 0) is 10.8 Å². The molecule has 11 aromatic carbocycles. The molecule has 11 aromatic rings. The third-order valence-corrected chi connectivity index (χ3v) is 15.3. The molecule has 1 aliphatic heterocycles. The molecule has 0 saturated heterocycles. The first-order valence-corrected chi connectivity index (χ1v) is 25.0. The van der Waals surface area contributed by atoms with Crippen molar-refractivity contribution in [1.82, 2.24) is 0 Å². The fourth-order valence-corrected chi connectivity index (χ4v) is 11.7. The zero-order valence-electron chi connectivity index (χ0n) is 40.3. The Balaban J connectivity index is 0.892. The van der Waals surface area contributed by atoms with Gasteiger partial charge in [-0.1, -0.05) is 226 Å². The van der Waals surface area contributed by atoms with Crippen LogP contribution in [-0.4, -0.2) is 0 Å². The van der Waals surface area contributed by atoms with Crippen LogP contribution in [0.4, 0.5) is 17.1 Å². The van der Waals surface area contributed by atoms with E-state index in [1.807, 2.05) is 6.07 Å². The Morgan fingerprint density at radius 2 is 0.667 bits per heavy atom. The number of nitrogens with zero attached hydrogens (tertiary/aromatic N) is 1. The third kappa shape index (κ3) is 7.09. The molecule has 72 heavy (non-hydrogen) atoms. The van der Waals surface area contributed by atoms with Gasteiger partial charge in [0.1, 0.15) is 11.5 Å². The van der Waals surface area contributed by atoms with Crippen LogP contribution in [0, 0.1) is 0 Å². The second kappa shape index (κ2) is 17.5. The Morgan fingerprint density at radius 3 is 1.24 bits per heavy atom. The minimum Gasteiger partial charge on any atom is -0.457 e. The van der Waals surface area contributed by atoms with Crippen LogP contribution in [0.3, 0.4) is 0 Å². The van der Waals surface area contributed by atoms with E-state index >= 15 is 0 Å². The Labute approximate surface area is 422 Å². The van der Waals surface area contributed by atoms with Crippen molar-refractivity contribution in [1.29, 1.82) is 0 Å². The highest BCUT2D eigenvalue weighted by molar-refractivity contribution is 5.90.